The van der Waals surface area contributed by atoms with Crippen LogP contribution in [0.4, 0.5) is 10.5 Å². The van der Waals surface area contributed by atoms with Crippen molar-refractivity contribution in [2.75, 3.05) is 5.32 Å². The van der Waals surface area contributed by atoms with Gasteiger partial charge in [0.15, 0.2) is 0 Å². The van der Waals surface area contributed by atoms with E-state index in [4.69, 9.17) is 23.2 Å². The fourth-order valence-electron chi connectivity index (χ4n) is 2.60. The van der Waals surface area contributed by atoms with E-state index in [0.717, 1.165) is 11.1 Å². The lowest BCUT2D eigenvalue weighted by Crippen LogP contribution is -2.34. The Labute approximate surface area is 168 Å². The van der Waals surface area contributed by atoms with Crippen molar-refractivity contribution in [3.8, 4) is 0 Å². The standard InChI is InChI=1S/C21H19Cl2N3O/c1-15-2-4-16(5-3-15)13-26(14-17-8-10-24-11-9-17)21(27)25-18-6-7-19(22)20(23)12-18/h2-12H,13-14H2,1H3,(H,25,27). The molecule has 1 N–H and O–H groups in total. The van der Waals surface area contributed by atoms with Crippen LogP contribution in [0.1, 0.15) is 16.7 Å². The number of amides is 2. The molecule has 0 unspecified atom stereocenters. The van der Waals surface area contributed by atoms with Crippen LogP contribution in [0.3, 0.4) is 0 Å². The third-order valence-corrected chi connectivity index (χ3v) is 4.81. The van der Waals surface area contributed by atoms with Crippen LogP contribution in [-0.2, 0) is 13.1 Å². The van der Waals surface area contributed by atoms with Crippen molar-refractivity contribution in [2.45, 2.75) is 20.0 Å². The molecule has 0 saturated heterocycles. The van der Waals surface area contributed by atoms with E-state index in [1.54, 1.807) is 35.5 Å². The molecule has 3 aromatic rings. The number of aryl methyl sites for hydroxylation is 1. The molecular formula is C21H19Cl2N3O. The Morgan fingerprint density at radius 2 is 1.56 bits per heavy atom. The third kappa shape index (κ3) is 5.46. The summed E-state index contributed by atoms with van der Waals surface area (Å²) in [5, 5.41) is 3.73. The molecule has 2 aromatic carbocycles. The number of hydrogen-bond donors (Lipinski definition) is 1. The molecule has 3 rings (SSSR count). The van der Waals surface area contributed by atoms with Crippen LogP contribution in [0.25, 0.3) is 0 Å². The zero-order valence-electron chi connectivity index (χ0n) is 14.8. The molecule has 4 nitrogen and oxygen atoms in total. The maximum atomic E-state index is 12.9. The summed E-state index contributed by atoms with van der Waals surface area (Å²) in [6.45, 7) is 2.98. The topological polar surface area (TPSA) is 45.2 Å². The normalized spacial score (nSPS) is 10.5. The lowest BCUT2D eigenvalue weighted by atomic mass is 10.1. The maximum Gasteiger partial charge on any atom is 0.322 e. The number of benzene rings is 2. The van der Waals surface area contributed by atoms with Crippen LogP contribution in [0.15, 0.2) is 67.0 Å². The number of hydrogen-bond acceptors (Lipinski definition) is 2. The molecule has 27 heavy (non-hydrogen) atoms. The van der Waals surface area contributed by atoms with E-state index in [2.05, 4.69) is 10.3 Å². The summed E-state index contributed by atoms with van der Waals surface area (Å²) in [5.74, 6) is 0. The summed E-state index contributed by atoms with van der Waals surface area (Å²) in [5.41, 5.74) is 3.83. The second-order valence-electron chi connectivity index (χ2n) is 6.26. The van der Waals surface area contributed by atoms with Gasteiger partial charge in [-0.1, -0.05) is 53.0 Å². The monoisotopic (exact) mass is 399 g/mol. The number of nitrogens with zero attached hydrogens (tertiary/aromatic N) is 2. The van der Waals surface area contributed by atoms with Gasteiger partial charge in [-0.15, -0.1) is 0 Å². The Balaban J connectivity index is 1.79. The van der Waals surface area contributed by atoms with Crippen molar-refractivity contribution in [2.24, 2.45) is 0 Å². The van der Waals surface area contributed by atoms with Gasteiger partial charge in [-0.05, 0) is 48.4 Å². The van der Waals surface area contributed by atoms with Crippen LogP contribution in [0.2, 0.25) is 10.0 Å². The fourth-order valence-corrected chi connectivity index (χ4v) is 2.90. The number of nitrogens with one attached hydrogen (secondary N) is 1. The van der Waals surface area contributed by atoms with Crippen LogP contribution in [0.5, 0.6) is 0 Å². The molecule has 0 aliphatic rings. The van der Waals surface area contributed by atoms with Gasteiger partial charge in [-0.2, -0.15) is 0 Å². The molecule has 0 saturated carbocycles. The highest BCUT2D eigenvalue weighted by molar-refractivity contribution is 6.42. The molecule has 0 radical (unpaired) electrons. The van der Waals surface area contributed by atoms with Gasteiger partial charge in [-0.3, -0.25) is 4.98 Å². The molecule has 138 valence electrons. The minimum atomic E-state index is -0.217. The SMILES string of the molecule is Cc1ccc(CN(Cc2ccncc2)C(=O)Nc2ccc(Cl)c(Cl)c2)cc1. The first-order valence-electron chi connectivity index (χ1n) is 8.47. The van der Waals surface area contributed by atoms with Crippen molar-refractivity contribution >= 4 is 34.9 Å². The Hall–Kier alpha value is -2.56. The smallest absolute Gasteiger partial charge is 0.316 e. The number of pyridine rings is 1. The number of carbonyl (C=O) groups excluding carboxylic acids is 1. The second kappa shape index (κ2) is 8.89. The highest BCUT2D eigenvalue weighted by Gasteiger charge is 2.15. The van der Waals surface area contributed by atoms with Crippen LogP contribution in [0, 0.1) is 6.92 Å². The molecule has 0 fully saturated rings. The minimum absolute atomic E-state index is 0.217. The van der Waals surface area contributed by atoms with Crippen molar-refractivity contribution in [3.05, 3.63) is 93.7 Å². The number of carbonyl (C=O) groups is 1. The number of aromatic nitrogens is 1. The molecule has 6 heteroatoms. The zero-order valence-corrected chi connectivity index (χ0v) is 16.3. The van der Waals surface area contributed by atoms with Crippen LogP contribution >= 0.6 is 23.2 Å². The summed E-state index contributed by atoms with van der Waals surface area (Å²) in [6.07, 6.45) is 3.44. The summed E-state index contributed by atoms with van der Waals surface area (Å²) < 4.78 is 0. The zero-order chi connectivity index (χ0) is 19.2. The molecule has 0 aliphatic heterocycles. The average molecular weight is 400 g/mol. The van der Waals surface area contributed by atoms with Gasteiger partial charge >= 0.3 is 6.03 Å². The number of anilines is 1. The summed E-state index contributed by atoms with van der Waals surface area (Å²) >= 11 is 12.0. The van der Waals surface area contributed by atoms with E-state index in [0.29, 0.717) is 28.8 Å². The lowest BCUT2D eigenvalue weighted by Gasteiger charge is -2.23. The second-order valence-corrected chi connectivity index (χ2v) is 7.07. The van der Waals surface area contributed by atoms with Gasteiger partial charge in [0.25, 0.3) is 0 Å². The Kier molecular flexibility index (Phi) is 6.32. The number of halogens is 2. The molecule has 0 atom stereocenters. The third-order valence-electron chi connectivity index (χ3n) is 4.07. The van der Waals surface area contributed by atoms with E-state index in [9.17, 15) is 4.79 Å². The van der Waals surface area contributed by atoms with Crippen molar-refractivity contribution < 1.29 is 4.79 Å². The first-order chi connectivity index (χ1) is 13.0. The Bertz CT molecular complexity index is 914. The average Bonchev–Trinajstić information content (AvgIpc) is 2.67. The van der Waals surface area contributed by atoms with E-state index in [1.165, 1.54) is 5.56 Å². The quantitative estimate of drug-likeness (QED) is 0.577. The van der Waals surface area contributed by atoms with E-state index >= 15 is 0 Å². The van der Waals surface area contributed by atoms with Gasteiger partial charge in [0.1, 0.15) is 0 Å². The highest BCUT2D eigenvalue weighted by Crippen LogP contribution is 2.25. The van der Waals surface area contributed by atoms with E-state index in [-0.39, 0.29) is 6.03 Å². The molecule has 0 bridgehead atoms. The fraction of sp³-hybridized carbons (Fsp3) is 0.143. The summed E-state index contributed by atoms with van der Waals surface area (Å²) in [7, 11) is 0. The largest absolute Gasteiger partial charge is 0.322 e. The van der Waals surface area contributed by atoms with Gasteiger partial charge in [0.05, 0.1) is 10.0 Å². The first-order valence-corrected chi connectivity index (χ1v) is 9.22. The predicted molar refractivity (Wildman–Crippen MR) is 110 cm³/mol. The molecular weight excluding hydrogens is 381 g/mol. The molecule has 2 amide bonds. The molecule has 1 aromatic heterocycles. The lowest BCUT2D eigenvalue weighted by molar-refractivity contribution is 0.206. The molecule has 0 aliphatic carbocycles. The van der Waals surface area contributed by atoms with E-state index < -0.39 is 0 Å². The van der Waals surface area contributed by atoms with Gasteiger partial charge in [0.2, 0.25) is 0 Å². The number of urea groups is 1. The van der Waals surface area contributed by atoms with Gasteiger partial charge in [-0.25, -0.2) is 4.79 Å². The number of rotatable bonds is 5. The summed E-state index contributed by atoms with van der Waals surface area (Å²) in [4.78, 5) is 18.7. The maximum absolute atomic E-state index is 12.9. The first kappa shape index (κ1) is 19.2. The molecule has 1 heterocycles. The minimum Gasteiger partial charge on any atom is -0.316 e. The van der Waals surface area contributed by atoms with Crippen molar-refractivity contribution in [3.63, 3.8) is 0 Å². The predicted octanol–water partition coefficient (Wildman–Crippen LogP) is 5.93. The Morgan fingerprint density at radius 3 is 2.19 bits per heavy atom. The molecule has 0 spiro atoms. The van der Waals surface area contributed by atoms with Gasteiger partial charge in [0, 0.05) is 31.2 Å². The Morgan fingerprint density at radius 1 is 0.926 bits per heavy atom. The van der Waals surface area contributed by atoms with Crippen molar-refractivity contribution in [1.29, 1.82) is 0 Å². The van der Waals surface area contributed by atoms with Crippen molar-refractivity contribution in [1.82, 2.24) is 9.88 Å². The van der Waals surface area contributed by atoms with Gasteiger partial charge < -0.3 is 10.2 Å². The summed E-state index contributed by atoms with van der Waals surface area (Å²) in [6, 6.07) is 16.7. The van der Waals surface area contributed by atoms with Crippen LogP contribution in [-0.4, -0.2) is 15.9 Å². The van der Waals surface area contributed by atoms with Crippen LogP contribution < -0.4 is 5.32 Å². The van der Waals surface area contributed by atoms with E-state index in [1.807, 2.05) is 43.3 Å². The highest BCUT2D eigenvalue weighted by atomic mass is 35.5.